The van der Waals surface area contributed by atoms with Crippen molar-refractivity contribution in [1.82, 2.24) is 0 Å². The molecule has 0 radical (unpaired) electrons. The second-order valence-electron chi connectivity index (χ2n) is 5.23. The highest BCUT2D eigenvalue weighted by Crippen LogP contribution is 2.66. The minimum absolute atomic E-state index is 0.144. The lowest BCUT2D eigenvalue weighted by Crippen LogP contribution is -2.61. The van der Waals surface area contributed by atoms with Gasteiger partial charge in [0.1, 0.15) is 0 Å². The van der Waals surface area contributed by atoms with Gasteiger partial charge in [0.25, 0.3) is 0 Å². The minimum atomic E-state index is -1.60. The molecule has 5 nitrogen and oxygen atoms in total. The average Bonchev–Trinajstić information content (AvgIpc) is 2.38. The van der Waals surface area contributed by atoms with Crippen LogP contribution < -0.4 is 0 Å². The summed E-state index contributed by atoms with van der Waals surface area (Å²) in [4.78, 5) is 35.3. The van der Waals surface area contributed by atoms with Crippen molar-refractivity contribution in [1.29, 1.82) is 0 Å². The van der Waals surface area contributed by atoms with E-state index in [1.165, 1.54) is 0 Å². The van der Waals surface area contributed by atoms with Gasteiger partial charge in [0.15, 0.2) is 5.41 Å². The summed E-state index contributed by atoms with van der Waals surface area (Å²) in [5, 5.41) is 9.69. The number of aliphatic carboxylic acids is 1. The monoisotopic (exact) mass is 304 g/mol. The molecule has 2 unspecified atom stereocenters. The number of ether oxygens (including phenoxy) is 1. The Labute approximate surface area is 107 Å². The molecule has 1 N–H and O–H groups in total. The summed E-state index contributed by atoms with van der Waals surface area (Å²) in [7, 11) is 0. The van der Waals surface area contributed by atoms with Crippen LogP contribution in [0.1, 0.15) is 26.7 Å². The van der Waals surface area contributed by atoms with Crippen LogP contribution in [-0.2, 0) is 19.1 Å². The van der Waals surface area contributed by atoms with Crippen molar-refractivity contribution in [2.24, 2.45) is 16.2 Å². The van der Waals surface area contributed by atoms with Gasteiger partial charge in [-0.2, -0.15) is 0 Å². The summed E-state index contributed by atoms with van der Waals surface area (Å²) in [6.45, 7) is 3.32. The second-order valence-corrected chi connectivity index (χ2v) is 5.79. The Morgan fingerprint density at radius 1 is 1.35 bits per heavy atom. The van der Waals surface area contributed by atoms with Gasteiger partial charge in [-0.3, -0.25) is 14.4 Å². The molecule has 1 saturated carbocycles. The molecule has 2 atom stereocenters. The first kappa shape index (κ1) is 12.5. The number of fused-ring (bicyclic) bond motifs is 2. The number of carboxylic acid groups (broad SMARTS) is 1. The van der Waals surface area contributed by atoms with Gasteiger partial charge in [-0.05, 0) is 12.8 Å². The number of halogens is 1. The molecule has 1 aliphatic heterocycles. The predicted molar refractivity (Wildman–Crippen MR) is 60.4 cm³/mol. The summed E-state index contributed by atoms with van der Waals surface area (Å²) in [5.74, 6) is -2.74. The molecule has 1 heterocycles. The Morgan fingerprint density at radius 2 is 1.94 bits per heavy atom. The fourth-order valence-corrected chi connectivity index (χ4v) is 4.38. The maximum absolute atomic E-state index is 11.9. The van der Waals surface area contributed by atoms with Crippen LogP contribution in [0.15, 0.2) is 0 Å². The molecule has 2 bridgehead atoms. The van der Waals surface area contributed by atoms with Gasteiger partial charge < -0.3 is 9.84 Å². The number of esters is 2. The van der Waals surface area contributed by atoms with Gasteiger partial charge >= 0.3 is 17.9 Å². The lowest BCUT2D eigenvalue weighted by atomic mass is 9.57. The van der Waals surface area contributed by atoms with E-state index in [0.29, 0.717) is 11.8 Å². The molecule has 0 aromatic carbocycles. The predicted octanol–water partition coefficient (Wildman–Crippen LogP) is 1.34. The molecular weight excluding hydrogens is 292 g/mol. The third-order valence-corrected chi connectivity index (χ3v) is 5.67. The normalized spacial score (nSPS) is 39.0. The maximum Gasteiger partial charge on any atom is 0.331 e. The van der Waals surface area contributed by atoms with Crippen LogP contribution in [0.3, 0.4) is 0 Å². The van der Waals surface area contributed by atoms with Crippen molar-refractivity contribution in [3.05, 3.63) is 0 Å². The smallest absolute Gasteiger partial charge is 0.331 e. The van der Waals surface area contributed by atoms with E-state index in [1.807, 2.05) is 0 Å². The largest absolute Gasteiger partial charge is 0.480 e. The van der Waals surface area contributed by atoms with Gasteiger partial charge in [-0.15, -0.1) is 0 Å². The van der Waals surface area contributed by atoms with Crippen molar-refractivity contribution in [3.63, 3.8) is 0 Å². The van der Waals surface area contributed by atoms with Crippen molar-refractivity contribution in [2.45, 2.75) is 26.7 Å². The van der Waals surface area contributed by atoms with Gasteiger partial charge in [-0.1, -0.05) is 29.8 Å². The van der Waals surface area contributed by atoms with Crippen molar-refractivity contribution >= 4 is 33.8 Å². The van der Waals surface area contributed by atoms with E-state index >= 15 is 0 Å². The number of alkyl halides is 1. The zero-order chi connectivity index (χ0) is 13.1. The summed E-state index contributed by atoms with van der Waals surface area (Å²) < 4.78 is 4.68. The SMILES string of the molecule is CC1(C)C2(CBr)CCC1(C(=O)O)C(=O)OC2=O. The number of hydrogen-bond acceptors (Lipinski definition) is 4. The first-order chi connectivity index (χ1) is 7.76. The van der Waals surface area contributed by atoms with Crippen LogP contribution in [0, 0.1) is 16.2 Å². The topological polar surface area (TPSA) is 80.7 Å². The van der Waals surface area contributed by atoms with E-state index in [0.717, 1.165) is 0 Å². The highest BCUT2D eigenvalue weighted by Gasteiger charge is 2.76. The molecule has 0 spiro atoms. The molecule has 0 aromatic heterocycles. The average molecular weight is 305 g/mol. The zero-order valence-electron chi connectivity index (χ0n) is 9.58. The highest BCUT2D eigenvalue weighted by atomic mass is 79.9. The highest BCUT2D eigenvalue weighted by molar-refractivity contribution is 9.09. The molecule has 6 heteroatoms. The van der Waals surface area contributed by atoms with Gasteiger partial charge in [0.05, 0.1) is 5.41 Å². The number of carboxylic acids is 1. The second kappa shape index (κ2) is 3.31. The van der Waals surface area contributed by atoms with E-state index in [9.17, 15) is 19.5 Å². The van der Waals surface area contributed by atoms with Crippen LogP contribution in [0.5, 0.6) is 0 Å². The Balaban J connectivity index is 2.69. The number of carbonyl (C=O) groups is 3. The van der Waals surface area contributed by atoms with E-state index in [2.05, 4.69) is 20.7 Å². The van der Waals surface area contributed by atoms with Crippen LogP contribution >= 0.6 is 15.9 Å². The summed E-state index contributed by atoms with van der Waals surface area (Å²) >= 11 is 3.26. The van der Waals surface area contributed by atoms with Crippen molar-refractivity contribution in [3.8, 4) is 0 Å². The molecule has 1 saturated heterocycles. The lowest BCUT2D eigenvalue weighted by molar-refractivity contribution is -0.200. The van der Waals surface area contributed by atoms with Crippen LogP contribution in [0.4, 0.5) is 0 Å². The van der Waals surface area contributed by atoms with Crippen LogP contribution in [0.2, 0.25) is 0 Å². The summed E-state index contributed by atoms with van der Waals surface area (Å²) in [5.41, 5.74) is -3.49. The van der Waals surface area contributed by atoms with E-state index < -0.39 is 34.2 Å². The maximum atomic E-state index is 11.9. The summed E-state index contributed by atoms with van der Waals surface area (Å²) in [6, 6.07) is 0. The number of rotatable bonds is 2. The lowest BCUT2D eigenvalue weighted by Gasteiger charge is -2.47. The molecule has 2 rings (SSSR count). The standard InChI is InChI=1S/C11H13BrO5/c1-9(2)10(5-12)3-4-11(9,6(13)14)8(16)17-7(10)15/h3-5H2,1-2H3,(H,13,14). The molecule has 17 heavy (non-hydrogen) atoms. The molecule has 0 aromatic rings. The van der Waals surface area contributed by atoms with Gasteiger partial charge in [0, 0.05) is 10.7 Å². The molecule has 1 aliphatic carbocycles. The quantitative estimate of drug-likeness (QED) is 0.473. The summed E-state index contributed by atoms with van der Waals surface area (Å²) in [6.07, 6.45) is 0.494. The number of cyclic esters (lactones) is 2. The Morgan fingerprint density at radius 3 is 2.41 bits per heavy atom. The number of hydrogen-bond donors (Lipinski definition) is 1. The Hall–Kier alpha value is -0.910. The third kappa shape index (κ3) is 1.07. The molecule has 2 aliphatic rings. The van der Waals surface area contributed by atoms with E-state index in [1.54, 1.807) is 13.8 Å². The Kier molecular flexibility index (Phi) is 2.44. The zero-order valence-corrected chi connectivity index (χ0v) is 11.2. The first-order valence-corrected chi connectivity index (χ1v) is 6.44. The first-order valence-electron chi connectivity index (χ1n) is 5.32. The Bertz CT molecular complexity index is 430. The van der Waals surface area contributed by atoms with Crippen LogP contribution in [-0.4, -0.2) is 28.3 Å². The minimum Gasteiger partial charge on any atom is -0.480 e. The van der Waals surface area contributed by atoms with Gasteiger partial charge in [0.2, 0.25) is 0 Å². The fraction of sp³-hybridized carbons (Fsp3) is 0.727. The van der Waals surface area contributed by atoms with Crippen LogP contribution in [0.25, 0.3) is 0 Å². The van der Waals surface area contributed by atoms with E-state index in [4.69, 9.17) is 0 Å². The fourth-order valence-electron chi connectivity index (χ4n) is 3.17. The molecule has 0 amide bonds. The van der Waals surface area contributed by atoms with Crippen molar-refractivity contribution < 1.29 is 24.2 Å². The molecule has 94 valence electrons. The number of carbonyl (C=O) groups excluding carboxylic acids is 2. The van der Waals surface area contributed by atoms with Crippen molar-refractivity contribution in [2.75, 3.05) is 5.33 Å². The third-order valence-electron chi connectivity index (χ3n) is 4.71. The molecular formula is C11H13BrO5. The van der Waals surface area contributed by atoms with Gasteiger partial charge in [-0.25, -0.2) is 0 Å². The van der Waals surface area contributed by atoms with E-state index in [-0.39, 0.29) is 6.42 Å². The molecule has 2 fully saturated rings.